The molecule has 9 heteroatoms. The van der Waals surface area contributed by atoms with Crippen molar-refractivity contribution in [2.75, 3.05) is 46.4 Å². The van der Waals surface area contributed by atoms with Gasteiger partial charge in [-0.3, -0.25) is 4.90 Å². The van der Waals surface area contributed by atoms with Gasteiger partial charge in [0.2, 0.25) is 0 Å². The molecule has 0 radical (unpaired) electrons. The number of likely N-dealkylation sites (N-methyl/N-ethyl adjacent to an activating group) is 1. The Morgan fingerprint density at radius 1 is 1.17 bits per heavy atom. The lowest BCUT2D eigenvalue weighted by Gasteiger charge is -2.33. The van der Waals surface area contributed by atoms with Crippen molar-refractivity contribution >= 4 is 15.9 Å². The van der Waals surface area contributed by atoms with E-state index in [1.807, 2.05) is 0 Å². The van der Waals surface area contributed by atoms with Crippen molar-refractivity contribution in [3.63, 3.8) is 0 Å². The Labute approximate surface area is 155 Å². The summed E-state index contributed by atoms with van der Waals surface area (Å²) in [5.41, 5.74) is 0. The summed E-state index contributed by atoms with van der Waals surface area (Å²) in [7, 11) is 2.05. The average molecular weight is 436 g/mol. The number of halogens is 5. The van der Waals surface area contributed by atoms with E-state index in [1.54, 1.807) is 0 Å². The molecule has 1 saturated heterocycles. The minimum absolute atomic E-state index is 0. The van der Waals surface area contributed by atoms with Crippen LogP contribution in [-0.2, 0) is 0 Å². The molecule has 4 nitrogen and oxygen atoms in total. The van der Waals surface area contributed by atoms with Crippen molar-refractivity contribution in [1.29, 1.82) is 0 Å². The van der Waals surface area contributed by atoms with E-state index < -0.39 is 23.5 Å². The quantitative estimate of drug-likeness (QED) is 0.508. The summed E-state index contributed by atoms with van der Waals surface area (Å²) in [4.78, 5) is 4.33. The van der Waals surface area contributed by atoms with E-state index in [-0.39, 0.29) is 31.4 Å². The molecule has 1 unspecified atom stereocenters. The molecule has 2 rings (SSSR count). The summed E-state index contributed by atoms with van der Waals surface area (Å²) < 4.78 is 32.5. The number of hydrogen-bond acceptors (Lipinski definition) is 4. The molecular formula is C14H19BrCl2F2N2O2-2. The van der Waals surface area contributed by atoms with Crippen LogP contribution in [0.2, 0.25) is 0 Å². The molecule has 0 amide bonds. The number of aliphatic hydroxyl groups excluding tert-OH is 1. The lowest BCUT2D eigenvalue weighted by molar-refractivity contribution is -0.00100. The predicted molar refractivity (Wildman–Crippen MR) is 79.5 cm³/mol. The fourth-order valence-electron chi connectivity index (χ4n) is 2.23. The van der Waals surface area contributed by atoms with Gasteiger partial charge >= 0.3 is 0 Å². The van der Waals surface area contributed by atoms with Gasteiger partial charge in [-0.05, 0) is 19.2 Å². The van der Waals surface area contributed by atoms with Crippen LogP contribution in [-0.4, -0.2) is 67.4 Å². The first-order valence-electron chi connectivity index (χ1n) is 6.82. The van der Waals surface area contributed by atoms with Gasteiger partial charge in [0, 0.05) is 37.2 Å². The van der Waals surface area contributed by atoms with Gasteiger partial charge < -0.3 is 39.6 Å². The predicted octanol–water partition coefficient (Wildman–Crippen LogP) is -4.28. The van der Waals surface area contributed by atoms with Crippen molar-refractivity contribution < 1.29 is 43.4 Å². The van der Waals surface area contributed by atoms with Crippen molar-refractivity contribution in [1.82, 2.24) is 9.80 Å². The molecule has 0 saturated carbocycles. The molecule has 134 valence electrons. The van der Waals surface area contributed by atoms with E-state index in [4.69, 9.17) is 4.74 Å². The molecule has 1 heterocycles. The Balaban J connectivity index is 0.00000242. The normalized spacial score (nSPS) is 17.1. The van der Waals surface area contributed by atoms with E-state index in [0.29, 0.717) is 11.0 Å². The van der Waals surface area contributed by atoms with Crippen LogP contribution in [0.15, 0.2) is 16.6 Å². The molecular weight excluding hydrogens is 417 g/mol. The van der Waals surface area contributed by atoms with Gasteiger partial charge in [-0.15, -0.1) is 0 Å². The highest BCUT2D eigenvalue weighted by molar-refractivity contribution is 9.10. The zero-order valence-corrected chi connectivity index (χ0v) is 15.7. The number of hydrogen-bond donors (Lipinski definition) is 1. The molecule has 0 aromatic heterocycles. The zero-order chi connectivity index (χ0) is 15.4. The Kier molecular flexibility index (Phi) is 10.6. The first kappa shape index (κ1) is 22.8. The third-order valence-electron chi connectivity index (χ3n) is 3.45. The van der Waals surface area contributed by atoms with E-state index in [0.717, 1.165) is 38.3 Å². The number of piperazine rings is 1. The molecule has 0 aliphatic carbocycles. The fourth-order valence-corrected chi connectivity index (χ4v) is 2.63. The summed E-state index contributed by atoms with van der Waals surface area (Å²) in [6.45, 7) is 3.94. The smallest absolute Gasteiger partial charge is 0.190 e. The van der Waals surface area contributed by atoms with Crippen LogP contribution in [0.3, 0.4) is 0 Å². The van der Waals surface area contributed by atoms with E-state index in [9.17, 15) is 13.9 Å². The first-order valence-corrected chi connectivity index (χ1v) is 7.61. The highest BCUT2D eigenvalue weighted by atomic mass is 79.9. The average Bonchev–Trinajstić information content (AvgIpc) is 2.40. The van der Waals surface area contributed by atoms with E-state index in [1.165, 1.54) is 0 Å². The molecule has 1 N–H and O–H groups in total. The molecule has 1 aromatic rings. The van der Waals surface area contributed by atoms with Gasteiger partial charge in [0.1, 0.15) is 12.7 Å². The topological polar surface area (TPSA) is 35.9 Å². The Hall–Kier alpha value is -0.180. The van der Waals surface area contributed by atoms with Crippen LogP contribution in [0.1, 0.15) is 0 Å². The maximum absolute atomic E-state index is 13.6. The minimum Gasteiger partial charge on any atom is -1.00 e. The third kappa shape index (κ3) is 7.07. The van der Waals surface area contributed by atoms with Crippen molar-refractivity contribution in [2.24, 2.45) is 0 Å². The second-order valence-electron chi connectivity index (χ2n) is 5.27. The third-order valence-corrected chi connectivity index (χ3v) is 3.91. The standard InChI is InChI=1S/C14H19BrF2N2O2.2ClH/c1-18-2-4-19(5-3-18)8-11(20)9-21-14-12(16)6-10(15)7-13(14)17;;/h6-7,11,20H,2-5,8-9H2,1H3;2*1H/p-2. The maximum Gasteiger partial charge on any atom is 0.190 e. The minimum atomic E-state index is -0.784. The van der Waals surface area contributed by atoms with Crippen LogP contribution in [0.5, 0.6) is 5.75 Å². The van der Waals surface area contributed by atoms with Gasteiger partial charge in [0.25, 0.3) is 0 Å². The molecule has 0 bridgehead atoms. The second-order valence-corrected chi connectivity index (χ2v) is 6.18. The number of aliphatic hydroxyl groups is 1. The fraction of sp³-hybridized carbons (Fsp3) is 0.571. The van der Waals surface area contributed by atoms with Gasteiger partial charge in [0.15, 0.2) is 17.4 Å². The Morgan fingerprint density at radius 2 is 1.70 bits per heavy atom. The molecule has 1 aliphatic rings. The summed E-state index contributed by atoms with van der Waals surface area (Å²) in [6, 6.07) is 2.26. The van der Waals surface area contributed by atoms with E-state index in [2.05, 4.69) is 32.8 Å². The van der Waals surface area contributed by atoms with Gasteiger partial charge in [0.05, 0.1) is 0 Å². The van der Waals surface area contributed by atoms with Crippen LogP contribution >= 0.6 is 15.9 Å². The summed E-state index contributed by atoms with van der Waals surface area (Å²) in [5, 5.41) is 9.93. The van der Waals surface area contributed by atoms with Crippen molar-refractivity contribution in [3.8, 4) is 5.75 Å². The molecule has 1 atom stereocenters. The molecule has 1 aliphatic heterocycles. The first-order chi connectivity index (χ1) is 9.95. The number of benzene rings is 1. The highest BCUT2D eigenvalue weighted by Gasteiger charge is 2.19. The summed E-state index contributed by atoms with van der Waals surface area (Å²) in [5.74, 6) is -2.02. The molecule has 1 fully saturated rings. The monoisotopic (exact) mass is 434 g/mol. The number of ether oxygens (including phenoxy) is 1. The number of rotatable bonds is 5. The molecule has 23 heavy (non-hydrogen) atoms. The van der Waals surface area contributed by atoms with Crippen LogP contribution in [0.25, 0.3) is 0 Å². The zero-order valence-electron chi connectivity index (χ0n) is 12.6. The largest absolute Gasteiger partial charge is 1.00 e. The Bertz CT molecular complexity index is 469. The molecule has 0 spiro atoms. The van der Waals surface area contributed by atoms with Gasteiger partial charge in [-0.2, -0.15) is 0 Å². The van der Waals surface area contributed by atoms with Crippen LogP contribution in [0.4, 0.5) is 8.78 Å². The van der Waals surface area contributed by atoms with Crippen molar-refractivity contribution in [3.05, 3.63) is 28.2 Å². The lowest BCUT2D eigenvalue weighted by Crippen LogP contribution is -3.00. The van der Waals surface area contributed by atoms with Crippen LogP contribution in [0, 0.1) is 11.6 Å². The van der Waals surface area contributed by atoms with Gasteiger partial charge in [-0.25, -0.2) is 8.78 Å². The number of nitrogens with zero attached hydrogens (tertiary/aromatic N) is 2. The van der Waals surface area contributed by atoms with Gasteiger partial charge in [-0.1, -0.05) is 15.9 Å². The summed E-state index contributed by atoms with van der Waals surface area (Å²) in [6.07, 6.45) is -0.782. The Morgan fingerprint density at radius 3 is 2.22 bits per heavy atom. The SMILES string of the molecule is CN1CCN(CC(O)COc2c(F)cc(Br)cc2F)CC1.[Cl-].[Cl-]. The van der Waals surface area contributed by atoms with E-state index >= 15 is 0 Å². The molecule has 1 aromatic carbocycles. The second kappa shape index (κ2) is 10.6. The maximum atomic E-state index is 13.6. The number of β-amino-alcohol motifs (C(OH)–C–C–N with tert-alkyl or cyclic N) is 1. The summed E-state index contributed by atoms with van der Waals surface area (Å²) >= 11 is 3.00. The van der Waals surface area contributed by atoms with Crippen molar-refractivity contribution in [2.45, 2.75) is 6.10 Å². The lowest BCUT2D eigenvalue weighted by atomic mass is 10.2. The van der Waals surface area contributed by atoms with Crippen LogP contribution < -0.4 is 29.6 Å². The highest BCUT2D eigenvalue weighted by Crippen LogP contribution is 2.25.